The lowest BCUT2D eigenvalue weighted by Gasteiger charge is -2.34. The molecule has 19 heavy (non-hydrogen) atoms. The number of hydrogen-bond acceptors (Lipinski definition) is 5. The number of nitrogens with zero attached hydrogens (tertiary/aromatic N) is 1. The number of aliphatic carboxylic acids is 1. The van der Waals surface area contributed by atoms with Crippen LogP contribution in [-0.2, 0) is 19.1 Å². The number of ether oxygens (including phenoxy) is 2. The van der Waals surface area contributed by atoms with E-state index in [0.717, 1.165) is 11.8 Å². The van der Waals surface area contributed by atoms with Crippen molar-refractivity contribution in [3.05, 3.63) is 0 Å². The Morgan fingerprint density at radius 3 is 2.26 bits per heavy atom. The molecule has 1 heterocycles. The maximum atomic E-state index is 12.0. The van der Waals surface area contributed by atoms with Gasteiger partial charge in [0.25, 0.3) is 5.72 Å². The highest BCUT2D eigenvalue weighted by Crippen LogP contribution is 2.32. The zero-order valence-corrected chi connectivity index (χ0v) is 11.6. The van der Waals surface area contributed by atoms with Gasteiger partial charge in [0.15, 0.2) is 0 Å². The zero-order valence-electron chi connectivity index (χ0n) is 11.6. The first-order valence-electron chi connectivity index (χ1n) is 6.02. The van der Waals surface area contributed by atoms with Crippen LogP contribution in [0.25, 0.3) is 0 Å². The SMILES string of the molecule is CC(=O)OC1(C(=O)O)CCCN1C(=O)OC(C)(C)C. The van der Waals surface area contributed by atoms with Gasteiger partial charge in [-0.25, -0.2) is 9.59 Å². The first kappa shape index (κ1) is 15.3. The number of carboxylic acid groups (broad SMARTS) is 1. The second kappa shape index (κ2) is 5.07. The van der Waals surface area contributed by atoms with Crippen LogP contribution in [-0.4, -0.2) is 45.9 Å². The van der Waals surface area contributed by atoms with E-state index >= 15 is 0 Å². The summed E-state index contributed by atoms with van der Waals surface area (Å²) in [6.07, 6.45) is -0.311. The van der Waals surface area contributed by atoms with E-state index in [4.69, 9.17) is 9.47 Å². The highest BCUT2D eigenvalue weighted by atomic mass is 16.6. The third kappa shape index (κ3) is 3.36. The summed E-state index contributed by atoms with van der Waals surface area (Å²) in [5, 5.41) is 9.30. The molecule has 1 atom stereocenters. The number of esters is 1. The lowest BCUT2D eigenvalue weighted by atomic mass is 10.1. The second-order valence-corrected chi connectivity index (χ2v) is 5.42. The predicted octanol–water partition coefficient (Wildman–Crippen LogP) is 1.36. The molecule has 1 unspecified atom stereocenters. The van der Waals surface area contributed by atoms with E-state index in [9.17, 15) is 19.5 Å². The van der Waals surface area contributed by atoms with E-state index in [0.29, 0.717) is 6.42 Å². The summed E-state index contributed by atoms with van der Waals surface area (Å²) in [7, 11) is 0. The van der Waals surface area contributed by atoms with Crippen LogP contribution >= 0.6 is 0 Å². The van der Waals surface area contributed by atoms with Crippen molar-refractivity contribution in [3.63, 3.8) is 0 Å². The van der Waals surface area contributed by atoms with Crippen LogP contribution in [0.1, 0.15) is 40.5 Å². The number of hydrogen-bond donors (Lipinski definition) is 1. The highest BCUT2D eigenvalue weighted by molar-refractivity contribution is 5.86. The molecule has 1 aliphatic heterocycles. The Hall–Kier alpha value is -1.79. The quantitative estimate of drug-likeness (QED) is 0.763. The number of carbonyl (C=O) groups excluding carboxylic acids is 2. The Morgan fingerprint density at radius 2 is 1.84 bits per heavy atom. The summed E-state index contributed by atoms with van der Waals surface area (Å²) in [6.45, 7) is 6.31. The topological polar surface area (TPSA) is 93.1 Å². The van der Waals surface area contributed by atoms with Gasteiger partial charge in [-0.1, -0.05) is 0 Å². The van der Waals surface area contributed by atoms with Gasteiger partial charge in [-0.3, -0.25) is 9.69 Å². The molecule has 1 aliphatic rings. The van der Waals surface area contributed by atoms with Gasteiger partial charge in [-0.2, -0.15) is 0 Å². The van der Waals surface area contributed by atoms with Crippen molar-refractivity contribution in [1.82, 2.24) is 4.90 Å². The van der Waals surface area contributed by atoms with Gasteiger partial charge >= 0.3 is 18.0 Å². The van der Waals surface area contributed by atoms with Crippen LogP contribution in [0.4, 0.5) is 4.79 Å². The van der Waals surface area contributed by atoms with Crippen molar-refractivity contribution in [2.75, 3.05) is 6.54 Å². The smallest absolute Gasteiger partial charge is 0.413 e. The monoisotopic (exact) mass is 273 g/mol. The molecule has 1 N–H and O–H groups in total. The molecule has 0 aromatic carbocycles. The Kier molecular flexibility index (Phi) is 4.07. The van der Waals surface area contributed by atoms with Crippen LogP contribution in [0.5, 0.6) is 0 Å². The van der Waals surface area contributed by atoms with E-state index in [1.165, 1.54) is 0 Å². The van der Waals surface area contributed by atoms with Gasteiger partial charge in [-0.05, 0) is 27.2 Å². The number of carbonyl (C=O) groups is 3. The molecule has 7 heteroatoms. The number of rotatable bonds is 2. The molecule has 0 radical (unpaired) electrons. The summed E-state index contributed by atoms with van der Waals surface area (Å²) in [4.78, 5) is 35.5. The number of likely N-dealkylation sites (tertiary alicyclic amines) is 1. The molecule has 0 spiro atoms. The number of amides is 1. The fraction of sp³-hybridized carbons (Fsp3) is 0.750. The van der Waals surface area contributed by atoms with Crippen molar-refractivity contribution < 1.29 is 29.0 Å². The second-order valence-electron chi connectivity index (χ2n) is 5.42. The fourth-order valence-corrected chi connectivity index (χ4v) is 1.96. The van der Waals surface area contributed by atoms with Gasteiger partial charge in [-0.15, -0.1) is 0 Å². The summed E-state index contributed by atoms with van der Waals surface area (Å²) in [5.74, 6) is -2.12. The van der Waals surface area contributed by atoms with Gasteiger partial charge in [0, 0.05) is 19.9 Å². The van der Waals surface area contributed by atoms with E-state index < -0.39 is 29.4 Å². The van der Waals surface area contributed by atoms with Crippen molar-refractivity contribution in [2.45, 2.75) is 51.9 Å². The zero-order chi connectivity index (χ0) is 14.8. The third-order valence-electron chi connectivity index (χ3n) is 2.59. The largest absolute Gasteiger partial charge is 0.477 e. The molecule has 0 aromatic rings. The lowest BCUT2D eigenvalue weighted by Crippen LogP contribution is -2.56. The van der Waals surface area contributed by atoms with E-state index in [-0.39, 0.29) is 13.0 Å². The van der Waals surface area contributed by atoms with Crippen molar-refractivity contribution in [1.29, 1.82) is 0 Å². The summed E-state index contributed by atoms with van der Waals surface area (Å²) in [5.41, 5.74) is -2.70. The van der Waals surface area contributed by atoms with Crippen LogP contribution in [0.3, 0.4) is 0 Å². The average Bonchev–Trinajstić information content (AvgIpc) is 2.58. The first-order valence-corrected chi connectivity index (χ1v) is 6.02. The Labute approximate surface area is 111 Å². The minimum Gasteiger partial charge on any atom is -0.477 e. The van der Waals surface area contributed by atoms with Crippen molar-refractivity contribution in [2.24, 2.45) is 0 Å². The summed E-state index contributed by atoms with van der Waals surface area (Å²) in [6, 6.07) is 0. The maximum Gasteiger partial charge on any atom is 0.413 e. The molecule has 1 amide bonds. The molecule has 7 nitrogen and oxygen atoms in total. The Bertz CT molecular complexity index is 400. The van der Waals surface area contributed by atoms with E-state index in [1.807, 2.05) is 0 Å². The van der Waals surface area contributed by atoms with E-state index in [2.05, 4.69) is 0 Å². The summed E-state index contributed by atoms with van der Waals surface area (Å²) >= 11 is 0. The van der Waals surface area contributed by atoms with Crippen LogP contribution in [0.15, 0.2) is 0 Å². The van der Waals surface area contributed by atoms with Gasteiger partial charge in [0.05, 0.1) is 0 Å². The standard InChI is InChI=1S/C12H19NO6/c1-8(14)18-12(9(15)16)6-5-7-13(12)10(17)19-11(2,3)4/h5-7H2,1-4H3,(H,15,16). The molecule has 0 saturated carbocycles. The predicted molar refractivity (Wildman–Crippen MR) is 64.3 cm³/mol. The molecule has 0 aromatic heterocycles. The molecular weight excluding hydrogens is 254 g/mol. The van der Waals surface area contributed by atoms with Crippen molar-refractivity contribution >= 4 is 18.0 Å². The number of carboxylic acids is 1. The van der Waals surface area contributed by atoms with Gasteiger partial charge < -0.3 is 14.6 Å². The Balaban J connectivity index is 3.00. The third-order valence-corrected chi connectivity index (χ3v) is 2.59. The minimum absolute atomic E-state index is 0.0567. The molecule has 0 bridgehead atoms. The maximum absolute atomic E-state index is 12.0. The molecule has 108 valence electrons. The van der Waals surface area contributed by atoms with Crippen LogP contribution < -0.4 is 0 Å². The molecule has 0 aliphatic carbocycles. The molecular formula is C12H19NO6. The van der Waals surface area contributed by atoms with Gasteiger partial charge in [0.1, 0.15) is 5.60 Å². The molecule has 1 rings (SSSR count). The first-order chi connectivity index (χ1) is 8.58. The fourth-order valence-electron chi connectivity index (χ4n) is 1.96. The normalized spacial score (nSPS) is 23.1. The molecule has 1 saturated heterocycles. The van der Waals surface area contributed by atoms with Crippen LogP contribution in [0, 0.1) is 0 Å². The average molecular weight is 273 g/mol. The Morgan fingerprint density at radius 1 is 1.26 bits per heavy atom. The van der Waals surface area contributed by atoms with E-state index in [1.54, 1.807) is 20.8 Å². The lowest BCUT2D eigenvalue weighted by molar-refractivity contribution is -0.194. The van der Waals surface area contributed by atoms with Crippen LogP contribution in [0.2, 0.25) is 0 Å². The summed E-state index contributed by atoms with van der Waals surface area (Å²) < 4.78 is 10.0. The molecule has 1 fully saturated rings. The highest BCUT2D eigenvalue weighted by Gasteiger charge is 2.54. The van der Waals surface area contributed by atoms with Gasteiger partial charge in [0.2, 0.25) is 0 Å². The minimum atomic E-state index is -1.95. The van der Waals surface area contributed by atoms with Crippen molar-refractivity contribution in [3.8, 4) is 0 Å².